The standard InChI is InChI=1S/C20H18IN3O4S/c1-26-17-9-13(8-15(21)19(17)28-11-18(25)27-2)10-22-24-20-23-16(12-29-20)14-6-4-3-5-7-14/h3-10,12H,11H2,1-2H3,(H,23,24). The summed E-state index contributed by atoms with van der Waals surface area (Å²) in [5.41, 5.74) is 5.71. The van der Waals surface area contributed by atoms with Gasteiger partial charge in [0.2, 0.25) is 5.13 Å². The van der Waals surface area contributed by atoms with E-state index in [1.807, 2.05) is 41.8 Å². The summed E-state index contributed by atoms with van der Waals surface area (Å²) in [5, 5.41) is 6.92. The quantitative estimate of drug-likeness (QED) is 0.204. The molecule has 150 valence electrons. The van der Waals surface area contributed by atoms with Crippen molar-refractivity contribution in [1.29, 1.82) is 0 Å². The van der Waals surface area contributed by atoms with E-state index in [1.54, 1.807) is 12.3 Å². The molecule has 2 aromatic carbocycles. The number of rotatable bonds is 8. The molecule has 1 N–H and O–H groups in total. The first-order chi connectivity index (χ1) is 14.1. The molecule has 3 aromatic rings. The largest absolute Gasteiger partial charge is 0.493 e. The summed E-state index contributed by atoms with van der Waals surface area (Å²) in [6, 6.07) is 13.6. The van der Waals surface area contributed by atoms with Crippen LogP contribution in [-0.4, -0.2) is 38.0 Å². The van der Waals surface area contributed by atoms with E-state index in [9.17, 15) is 4.79 Å². The summed E-state index contributed by atoms with van der Waals surface area (Å²) in [5.74, 6) is 0.523. The Labute approximate surface area is 185 Å². The van der Waals surface area contributed by atoms with Gasteiger partial charge in [0.15, 0.2) is 18.1 Å². The topological polar surface area (TPSA) is 82.0 Å². The molecular weight excluding hydrogens is 505 g/mol. The number of nitrogens with one attached hydrogen (secondary N) is 1. The van der Waals surface area contributed by atoms with Crippen LogP contribution in [0.4, 0.5) is 5.13 Å². The number of hydrogen-bond acceptors (Lipinski definition) is 8. The van der Waals surface area contributed by atoms with Gasteiger partial charge in [-0.2, -0.15) is 5.10 Å². The minimum absolute atomic E-state index is 0.189. The van der Waals surface area contributed by atoms with E-state index >= 15 is 0 Å². The highest BCUT2D eigenvalue weighted by Crippen LogP contribution is 2.33. The van der Waals surface area contributed by atoms with Crippen molar-refractivity contribution in [1.82, 2.24) is 4.98 Å². The maximum atomic E-state index is 11.3. The van der Waals surface area contributed by atoms with Crippen molar-refractivity contribution < 1.29 is 19.0 Å². The van der Waals surface area contributed by atoms with Crippen LogP contribution < -0.4 is 14.9 Å². The van der Waals surface area contributed by atoms with Gasteiger partial charge in [-0.05, 0) is 40.3 Å². The molecule has 0 aliphatic rings. The van der Waals surface area contributed by atoms with Crippen molar-refractivity contribution in [3.05, 3.63) is 57.0 Å². The summed E-state index contributed by atoms with van der Waals surface area (Å²) in [7, 11) is 2.85. The third-order valence-corrected chi connectivity index (χ3v) is 5.31. The van der Waals surface area contributed by atoms with Gasteiger partial charge in [0, 0.05) is 10.9 Å². The van der Waals surface area contributed by atoms with Crippen LogP contribution in [0.5, 0.6) is 11.5 Å². The number of carbonyl (C=O) groups excluding carboxylic acids is 1. The maximum Gasteiger partial charge on any atom is 0.343 e. The normalized spacial score (nSPS) is 10.7. The summed E-state index contributed by atoms with van der Waals surface area (Å²) in [6.45, 7) is -0.189. The Balaban J connectivity index is 1.68. The fourth-order valence-electron chi connectivity index (χ4n) is 2.37. The molecule has 1 heterocycles. The molecule has 0 amide bonds. The summed E-state index contributed by atoms with van der Waals surface area (Å²) < 4.78 is 16.3. The lowest BCUT2D eigenvalue weighted by Gasteiger charge is -2.12. The van der Waals surface area contributed by atoms with Crippen LogP contribution in [0.25, 0.3) is 11.3 Å². The first-order valence-corrected chi connectivity index (χ1v) is 10.4. The second kappa shape index (κ2) is 10.2. The number of aromatic nitrogens is 1. The molecular formula is C20H18IN3O4S. The molecule has 0 aliphatic heterocycles. The molecule has 0 atom stereocenters. The summed E-state index contributed by atoms with van der Waals surface area (Å²) >= 11 is 3.60. The molecule has 0 unspecified atom stereocenters. The second-order valence-electron chi connectivity index (χ2n) is 5.67. The van der Waals surface area contributed by atoms with Gasteiger partial charge in [-0.25, -0.2) is 9.78 Å². The number of hydrazone groups is 1. The van der Waals surface area contributed by atoms with E-state index in [0.717, 1.165) is 20.4 Å². The van der Waals surface area contributed by atoms with E-state index in [-0.39, 0.29) is 6.61 Å². The Bertz CT molecular complexity index is 1010. The number of benzene rings is 2. The van der Waals surface area contributed by atoms with E-state index in [0.29, 0.717) is 16.6 Å². The van der Waals surface area contributed by atoms with Crippen molar-refractivity contribution in [2.45, 2.75) is 0 Å². The highest BCUT2D eigenvalue weighted by Gasteiger charge is 2.13. The number of halogens is 1. The van der Waals surface area contributed by atoms with Crippen LogP contribution in [0.15, 0.2) is 52.9 Å². The molecule has 0 radical (unpaired) electrons. The Morgan fingerprint density at radius 2 is 2.07 bits per heavy atom. The number of esters is 1. The lowest BCUT2D eigenvalue weighted by molar-refractivity contribution is -0.142. The predicted octanol–water partition coefficient (Wildman–Crippen LogP) is 4.42. The zero-order valence-electron chi connectivity index (χ0n) is 15.7. The van der Waals surface area contributed by atoms with Crippen LogP contribution in [0.1, 0.15) is 5.56 Å². The van der Waals surface area contributed by atoms with E-state index in [4.69, 9.17) is 9.47 Å². The average Bonchev–Trinajstić information content (AvgIpc) is 3.22. The molecule has 1 aromatic heterocycles. The fourth-order valence-corrected chi connectivity index (χ4v) is 3.82. The van der Waals surface area contributed by atoms with Crippen LogP contribution in [-0.2, 0) is 9.53 Å². The van der Waals surface area contributed by atoms with E-state index < -0.39 is 5.97 Å². The van der Waals surface area contributed by atoms with Gasteiger partial charge in [-0.15, -0.1) is 11.3 Å². The number of thiazole rings is 1. The van der Waals surface area contributed by atoms with Gasteiger partial charge >= 0.3 is 5.97 Å². The number of carbonyl (C=O) groups is 1. The summed E-state index contributed by atoms with van der Waals surface area (Å²) in [6.07, 6.45) is 1.67. The van der Waals surface area contributed by atoms with Gasteiger partial charge in [-0.3, -0.25) is 5.43 Å². The Morgan fingerprint density at radius 3 is 2.79 bits per heavy atom. The SMILES string of the molecule is COC(=O)COc1c(I)cc(C=NNc2nc(-c3ccccc3)cs2)cc1OC. The minimum atomic E-state index is -0.462. The second-order valence-corrected chi connectivity index (χ2v) is 7.69. The first kappa shape index (κ1) is 21.1. The molecule has 29 heavy (non-hydrogen) atoms. The predicted molar refractivity (Wildman–Crippen MR) is 122 cm³/mol. The van der Waals surface area contributed by atoms with E-state index in [1.165, 1.54) is 25.6 Å². The van der Waals surface area contributed by atoms with Crippen molar-refractivity contribution in [2.24, 2.45) is 5.10 Å². The lowest BCUT2D eigenvalue weighted by Crippen LogP contribution is -2.13. The molecule has 0 fully saturated rings. The molecule has 0 spiro atoms. The minimum Gasteiger partial charge on any atom is -0.493 e. The Kier molecular flexibility index (Phi) is 7.42. The van der Waals surface area contributed by atoms with Crippen LogP contribution in [0, 0.1) is 3.57 Å². The third-order valence-electron chi connectivity index (χ3n) is 3.76. The smallest absolute Gasteiger partial charge is 0.343 e. The van der Waals surface area contributed by atoms with Crippen molar-refractivity contribution in [3.63, 3.8) is 0 Å². The molecule has 7 nitrogen and oxygen atoms in total. The van der Waals surface area contributed by atoms with Gasteiger partial charge in [-0.1, -0.05) is 30.3 Å². The fraction of sp³-hybridized carbons (Fsp3) is 0.150. The van der Waals surface area contributed by atoms with Gasteiger partial charge in [0.25, 0.3) is 0 Å². The van der Waals surface area contributed by atoms with Crippen molar-refractivity contribution in [3.8, 4) is 22.8 Å². The maximum absolute atomic E-state index is 11.3. The molecule has 0 aliphatic carbocycles. The zero-order valence-corrected chi connectivity index (χ0v) is 18.7. The highest BCUT2D eigenvalue weighted by molar-refractivity contribution is 14.1. The van der Waals surface area contributed by atoms with Crippen LogP contribution >= 0.6 is 33.9 Å². The molecule has 0 bridgehead atoms. The zero-order chi connectivity index (χ0) is 20.6. The van der Waals surface area contributed by atoms with Crippen LogP contribution in [0.3, 0.4) is 0 Å². The van der Waals surface area contributed by atoms with Crippen LogP contribution in [0.2, 0.25) is 0 Å². The molecule has 9 heteroatoms. The number of anilines is 1. The molecule has 0 saturated heterocycles. The lowest BCUT2D eigenvalue weighted by atomic mass is 10.2. The van der Waals surface area contributed by atoms with E-state index in [2.05, 4.69) is 42.8 Å². The van der Waals surface area contributed by atoms with Crippen molar-refractivity contribution >= 4 is 51.2 Å². The van der Waals surface area contributed by atoms with Gasteiger partial charge < -0.3 is 14.2 Å². The van der Waals surface area contributed by atoms with Crippen molar-refractivity contribution in [2.75, 3.05) is 26.3 Å². The molecule has 0 saturated carbocycles. The monoisotopic (exact) mass is 523 g/mol. The number of methoxy groups -OCH3 is 2. The number of ether oxygens (including phenoxy) is 3. The third kappa shape index (κ3) is 5.67. The number of hydrogen-bond donors (Lipinski definition) is 1. The molecule has 3 rings (SSSR count). The highest BCUT2D eigenvalue weighted by atomic mass is 127. The van der Waals surface area contributed by atoms with Gasteiger partial charge in [0.05, 0.1) is 29.7 Å². The number of nitrogens with zero attached hydrogens (tertiary/aromatic N) is 2. The Hall–Kier alpha value is -2.66. The average molecular weight is 523 g/mol. The first-order valence-electron chi connectivity index (χ1n) is 8.48. The van der Waals surface area contributed by atoms with Gasteiger partial charge in [0.1, 0.15) is 0 Å². The summed E-state index contributed by atoms with van der Waals surface area (Å²) in [4.78, 5) is 15.8. The Morgan fingerprint density at radius 1 is 1.28 bits per heavy atom.